The molecule has 2 N–H and O–H groups in total. The van der Waals surface area contributed by atoms with E-state index < -0.39 is 5.54 Å². The highest BCUT2D eigenvalue weighted by molar-refractivity contribution is 5.92. The third-order valence-electron chi connectivity index (χ3n) is 4.90. The number of hydrogen-bond donors (Lipinski definition) is 1. The summed E-state index contributed by atoms with van der Waals surface area (Å²) < 4.78 is 0. The third kappa shape index (κ3) is 6.32. The van der Waals surface area contributed by atoms with Gasteiger partial charge in [-0.25, -0.2) is 0 Å². The van der Waals surface area contributed by atoms with Gasteiger partial charge in [0.05, 0.1) is 12.1 Å². The van der Waals surface area contributed by atoms with Crippen LogP contribution in [0.5, 0.6) is 0 Å². The molecule has 0 spiro atoms. The van der Waals surface area contributed by atoms with E-state index >= 15 is 0 Å². The average molecular weight is 342 g/mol. The van der Waals surface area contributed by atoms with E-state index in [1.54, 1.807) is 0 Å². The molecule has 1 aromatic carbocycles. The van der Waals surface area contributed by atoms with Gasteiger partial charge < -0.3 is 10.6 Å². The zero-order valence-corrected chi connectivity index (χ0v) is 16.1. The number of unbranched alkanes of at least 4 members (excludes halogenated alkanes) is 4. The second kappa shape index (κ2) is 9.76. The van der Waals surface area contributed by atoms with Gasteiger partial charge in [0.15, 0.2) is 0 Å². The minimum atomic E-state index is -0.431. The van der Waals surface area contributed by atoms with E-state index in [1.165, 1.54) is 43.2 Å². The van der Waals surface area contributed by atoms with E-state index in [1.807, 2.05) is 6.07 Å². The van der Waals surface area contributed by atoms with Gasteiger partial charge in [0, 0.05) is 13.1 Å². The van der Waals surface area contributed by atoms with Crippen LogP contribution in [0.3, 0.4) is 0 Å². The number of hydrogen-bond acceptors (Lipinski definition) is 3. The topological polar surface area (TPSA) is 41.6 Å². The monoisotopic (exact) mass is 341 g/mol. The molecule has 1 atom stereocenters. The van der Waals surface area contributed by atoms with Crippen molar-refractivity contribution in [3.8, 4) is 0 Å². The van der Waals surface area contributed by atoms with Crippen LogP contribution in [0.1, 0.15) is 57.9 Å². The van der Waals surface area contributed by atoms with Gasteiger partial charge in [-0.1, -0.05) is 75.1 Å². The van der Waals surface area contributed by atoms with Crippen LogP contribution in [0.4, 0.5) is 0 Å². The van der Waals surface area contributed by atoms with Crippen molar-refractivity contribution in [1.29, 1.82) is 0 Å². The van der Waals surface area contributed by atoms with Crippen molar-refractivity contribution in [2.24, 2.45) is 10.7 Å². The summed E-state index contributed by atoms with van der Waals surface area (Å²) >= 11 is 0. The van der Waals surface area contributed by atoms with Crippen LogP contribution < -0.4 is 5.73 Å². The van der Waals surface area contributed by atoms with Crippen LogP contribution in [0.25, 0.3) is 0 Å². The van der Waals surface area contributed by atoms with Gasteiger partial charge in [-0.3, -0.25) is 4.99 Å². The first-order valence-corrected chi connectivity index (χ1v) is 9.82. The molecule has 2 rings (SSSR count). The lowest BCUT2D eigenvalue weighted by Gasteiger charge is -2.32. The van der Waals surface area contributed by atoms with Crippen molar-refractivity contribution in [3.05, 3.63) is 48.0 Å². The Bertz CT molecular complexity index is 560. The van der Waals surface area contributed by atoms with Crippen molar-refractivity contribution in [2.45, 2.75) is 64.3 Å². The summed E-state index contributed by atoms with van der Waals surface area (Å²) in [5.41, 5.74) is 8.81. The van der Waals surface area contributed by atoms with Gasteiger partial charge in [0.25, 0.3) is 0 Å². The molecule has 0 amide bonds. The Balaban J connectivity index is 1.85. The highest BCUT2D eigenvalue weighted by atomic mass is 15.3. The molecule has 3 heteroatoms. The number of rotatable bonds is 11. The highest BCUT2D eigenvalue weighted by Gasteiger charge is 2.33. The molecule has 0 aliphatic carbocycles. The minimum Gasteiger partial charge on any atom is -0.353 e. The van der Waals surface area contributed by atoms with Gasteiger partial charge in [0.2, 0.25) is 0 Å². The maximum absolute atomic E-state index is 6.67. The molecule has 0 fully saturated rings. The summed E-state index contributed by atoms with van der Waals surface area (Å²) in [5.74, 6) is 1.04. The Morgan fingerprint density at radius 1 is 1.20 bits per heavy atom. The van der Waals surface area contributed by atoms with E-state index in [4.69, 9.17) is 10.7 Å². The second-order valence-electron chi connectivity index (χ2n) is 7.62. The Morgan fingerprint density at radius 2 is 1.92 bits per heavy atom. The SMILES string of the molecule is C=C(CCCCCCC)CN1CCN=C1C(C)(N)Cc1ccccc1. The van der Waals surface area contributed by atoms with Crippen LogP contribution >= 0.6 is 0 Å². The number of nitrogens with two attached hydrogens (primary N) is 1. The van der Waals surface area contributed by atoms with Gasteiger partial charge in [-0.05, 0) is 31.7 Å². The Morgan fingerprint density at radius 3 is 2.64 bits per heavy atom. The molecule has 0 aromatic heterocycles. The molecule has 0 bridgehead atoms. The summed E-state index contributed by atoms with van der Waals surface area (Å²) in [6.45, 7) is 11.4. The molecule has 0 saturated heterocycles. The van der Waals surface area contributed by atoms with E-state index in [9.17, 15) is 0 Å². The number of nitrogens with zero attached hydrogens (tertiary/aromatic N) is 2. The predicted octanol–water partition coefficient (Wildman–Crippen LogP) is 4.58. The molecular weight excluding hydrogens is 306 g/mol. The largest absolute Gasteiger partial charge is 0.353 e. The van der Waals surface area contributed by atoms with Crippen molar-refractivity contribution in [3.63, 3.8) is 0 Å². The summed E-state index contributed by atoms with van der Waals surface area (Å²) in [5, 5.41) is 0. The fourth-order valence-electron chi connectivity index (χ4n) is 3.60. The standard InChI is InChI=1S/C22H35N3/c1-4-5-6-7-9-12-19(2)18-25-16-15-24-21(25)22(3,23)17-20-13-10-8-11-14-20/h8,10-11,13-14H,2,4-7,9,12,15-18,23H2,1,3H3. The molecule has 138 valence electrons. The fourth-order valence-corrected chi connectivity index (χ4v) is 3.60. The van der Waals surface area contributed by atoms with Gasteiger partial charge in [-0.15, -0.1) is 0 Å². The van der Waals surface area contributed by atoms with E-state index in [-0.39, 0.29) is 0 Å². The maximum atomic E-state index is 6.67. The lowest BCUT2D eigenvalue weighted by atomic mass is 9.92. The number of aliphatic imine (C=N–C) groups is 1. The molecule has 25 heavy (non-hydrogen) atoms. The van der Waals surface area contributed by atoms with E-state index in [2.05, 4.69) is 49.6 Å². The van der Waals surface area contributed by atoms with Crippen LogP contribution in [-0.4, -0.2) is 35.9 Å². The Kier molecular flexibility index (Phi) is 7.70. The zero-order chi connectivity index (χ0) is 18.1. The first-order chi connectivity index (χ1) is 12.0. The van der Waals surface area contributed by atoms with Gasteiger partial charge in [-0.2, -0.15) is 0 Å². The van der Waals surface area contributed by atoms with E-state index in [0.29, 0.717) is 0 Å². The van der Waals surface area contributed by atoms with Gasteiger partial charge >= 0.3 is 0 Å². The molecule has 1 aromatic rings. The molecule has 1 heterocycles. The minimum absolute atomic E-state index is 0.431. The fraction of sp³-hybridized carbons (Fsp3) is 0.591. The Labute approximate surface area is 154 Å². The van der Waals surface area contributed by atoms with Crippen LogP contribution in [-0.2, 0) is 6.42 Å². The number of benzene rings is 1. The van der Waals surface area contributed by atoms with Crippen molar-refractivity contribution < 1.29 is 0 Å². The molecule has 0 radical (unpaired) electrons. The number of amidine groups is 1. The second-order valence-corrected chi connectivity index (χ2v) is 7.62. The summed E-state index contributed by atoms with van der Waals surface area (Å²) in [4.78, 5) is 7.08. The van der Waals surface area contributed by atoms with E-state index in [0.717, 1.165) is 38.3 Å². The first kappa shape index (κ1) is 19.7. The van der Waals surface area contributed by atoms with Crippen molar-refractivity contribution >= 4 is 5.84 Å². The van der Waals surface area contributed by atoms with Gasteiger partial charge in [0.1, 0.15) is 5.84 Å². The predicted molar refractivity (Wildman–Crippen MR) is 109 cm³/mol. The third-order valence-corrected chi connectivity index (χ3v) is 4.90. The smallest absolute Gasteiger partial charge is 0.120 e. The van der Waals surface area contributed by atoms with Crippen molar-refractivity contribution in [1.82, 2.24) is 4.90 Å². The van der Waals surface area contributed by atoms with Crippen LogP contribution in [0.15, 0.2) is 47.5 Å². The lowest BCUT2D eigenvalue weighted by Crippen LogP contribution is -2.53. The summed E-state index contributed by atoms with van der Waals surface area (Å²) in [6.07, 6.45) is 8.49. The lowest BCUT2D eigenvalue weighted by molar-refractivity contribution is 0.440. The Hall–Kier alpha value is -1.61. The maximum Gasteiger partial charge on any atom is 0.120 e. The molecule has 1 aliphatic rings. The van der Waals surface area contributed by atoms with Crippen LogP contribution in [0.2, 0.25) is 0 Å². The summed E-state index contributed by atoms with van der Waals surface area (Å²) in [7, 11) is 0. The summed E-state index contributed by atoms with van der Waals surface area (Å²) in [6, 6.07) is 10.5. The molecule has 3 nitrogen and oxygen atoms in total. The molecule has 0 saturated carbocycles. The molecule has 1 aliphatic heterocycles. The average Bonchev–Trinajstić information content (AvgIpc) is 3.04. The molecular formula is C22H35N3. The quantitative estimate of drug-likeness (QED) is 0.473. The highest BCUT2D eigenvalue weighted by Crippen LogP contribution is 2.20. The normalized spacial score (nSPS) is 16.6. The first-order valence-electron chi connectivity index (χ1n) is 9.82. The zero-order valence-electron chi connectivity index (χ0n) is 16.1. The van der Waals surface area contributed by atoms with Crippen molar-refractivity contribution in [2.75, 3.05) is 19.6 Å². The van der Waals surface area contributed by atoms with Crippen LogP contribution in [0, 0.1) is 0 Å². The molecule has 1 unspecified atom stereocenters.